The van der Waals surface area contributed by atoms with Gasteiger partial charge < -0.3 is 4.90 Å². The molecule has 0 radical (unpaired) electrons. The quantitative estimate of drug-likeness (QED) is 0.653. The minimum atomic E-state index is -0.291. The van der Waals surface area contributed by atoms with Crippen LogP contribution in [0.15, 0.2) is 64.5 Å². The molecule has 1 aromatic heterocycles. The van der Waals surface area contributed by atoms with Crippen LogP contribution in [0.25, 0.3) is 11.3 Å². The van der Waals surface area contributed by atoms with E-state index in [1.807, 2.05) is 49.4 Å². The molecule has 0 unspecified atom stereocenters. The maximum absolute atomic E-state index is 12.9. The molecular formula is C20H16N4OS. The SMILES string of the molecule is Cc1ccc(N2CSc3nc(-c4ccccc4)c(C#N)c(=O)n3C2)cc1. The van der Waals surface area contributed by atoms with E-state index >= 15 is 0 Å². The van der Waals surface area contributed by atoms with Gasteiger partial charge in [0.15, 0.2) is 5.16 Å². The predicted octanol–water partition coefficient (Wildman–Crippen LogP) is 3.62. The fourth-order valence-electron chi connectivity index (χ4n) is 2.93. The summed E-state index contributed by atoms with van der Waals surface area (Å²) in [7, 11) is 0. The first-order valence-electron chi connectivity index (χ1n) is 8.22. The molecule has 0 aliphatic carbocycles. The summed E-state index contributed by atoms with van der Waals surface area (Å²) in [5, 5.41) is 10.2. The molecule has 3 aromatic rings. The van der Waals surface area contributed by atoms with Gasteiger partial charge in [-0.2, -0.15) is 5.26 Å². The second-order valence-corrected chi connectivity index (χ2v) is 7.03. The van der Waals surface area contributed by atoms with Crippen LogP contribution in [0.5, 0.6) is 0 Å². The molecule has 0 spiro atoms. The van der Waals surface area contributed by atoms with Crippen LogP contribution >= 0.6 is 11.8 Å². The number of aryl methyl sites for hydroxylation is 1. The van der Waals surface area contributed by atoms with Crippen molar-refractivity contribution in [1.82, 2.24) is 9.55 Å². The summed E-state index contributed by atoms with van der Waals surface area (Å²) in [6.07, 6.45) is 0. The number of thioether (sulfide) groups is 1. The highest BCUT2D eigenvalue weighted by atomic mass is 32.2. The van der Waals surface area contributed by atoms with E-state index in [0.29, 0.717) is 23.4 Å². The molecule has 0 N–H and O–H groups in total. The van der Waals surface area contributed by atoms with Gasteiger partial charge in [-0.15, -0.1) is 0 Å². The Morgan fingerprint density at radius 3 is 2.54 bits per heavy atom. The summed E-state index contributed by atoms with van der Waals surface area (Å²) in [4.78, 5) is 19.7. The highest BCUT2D eigenvalue weighted by Crippen LogP contribution is 2.29. The molecule has 0 bridgehead atoms. The number of nitriles is 1. The van der Waals surface area contributed by atoms with Crippen molar-refractivity contribution >= 4 is 17.4 Å². The van der Waals surface area contributed by atoms with Crippen molar-refractivity contribution in [3.05, 3.63) is 76.1 Å². The predicted molar refractivity (Wildman–Crippen MR) is 103 cm³/mol. The summed E-state index contributed by atoms with van der Waals surface area (Å²) in [6, 6.07) is 19.6. The Morgan fingerprint density at radius 1 is 1.12 bits per heavy atom. The van der Waals surface area contributed by atoms with Crippen LogP contribution in [-0.2, 0) is 6.67 Å². The lowest BCUT2D eigenvalue weighted by molar-refractivity contribution is 0.560. The second-order valence-electron chi connectivity index (χ2n) is 6.12. The Labute approximate surface area is 155 Å². The molecule has 5 nitrogen and oxygen atoms in total. The van der Waals surface area contributed by atoms with Crippen LogP contribution in [0.2, 0.25) is 0 Å². The highest BCUT2D eigenvalue weighted by molar-refractivity contribution is 7.99. The first-order chi connectivity index (χ1) is 12.7. The zero-order valence-electron chi connectivity index (χ0n) is 14.2. The van der Waals surface area contributed by atoms with Crippen molar-refractivity contribution in [3.63, 3.8) is 0 Å². The van der Waals surface area contributed by atoms with Gasteiger partial charge in [0.2, 0.25) is 0 Å². The van der Waals surface area contributed by atoms with E-state index in [1.165, 1.54) is 17.3 Å². The lowest BCUT2D eigenvalue weighted by Gasteiger charge is -2.31. The largest absolute Gasteiger partial charge is 0.343 e. The van der Waals surface area contributed by atoms with Gasteiger partial charge >= 0.3 is 0 Å². The number of rotatable bonds is 2. The Hall–Kier alpha value is -3.04. The van der Waals surface area contributed by atoms with Gasteiger partial charge in [-0.3, -0.25) is 9.36 Å². The monoisotopic (exact) mass is 360 g/mol. The maximum Gasteiger partial charge on any atom is 0.274 e. The molecule has 0 saturated carbocycles. The van der Waals surface area contributed by atoms with Gasteiger partial charge in [0.1, 0.15) is 18.3 Å². The molecule has 26 heavy (non-hydrogen) atoms. The minimum Gasteiger partial charge on any atom is -0.343 e. The van der Waals surface area contributed by atoms with E-state index in [0.717, 1.165) is 11.3 Å². The number of hydrogen-bond donors (Lipinski definition) is 0. The number of fused-ring (bicyclic) bond motifs is 1. The van der Waals surface area contributed by atoms with Crippen molar-refractivity contribution in [2.24, 2.45) is 0 Å². The number of aromatic nitrogens is 2. The topological polar surface area (TPSA) is 61.9 Å². The van der Waals surface area contributed by atoms with Crippen molar-refractivity contribution in [2.45, 2.75) is 18.7 Å². The van der Waals surface area contributed by atoms with Crippen molar-refractivity contribution in [1.29, 1.82) is 5.26 Å². The zero-order valence-corrected chi connectivity index (χ0v) is 15.0. The highest BCUT2D eigenvalue weighted by Gasteiger charge is 2.23. The molecule has 128 valence electrons. The number of anilines is 1. The fourth-order valence-corrected chi connectivity index (χ4v) is 3.89. The average Bonchev–Trinajstić information content (AvgIpc) is 2.69. The molecule has 1 aliphatic heterocycles. The van der Waals surface area contributed by atoms with Gasteiger partial charge in [0.05, 0.1) is 11.6 Å². The van der Waals surface area contributed by atoms with E-state index in [9.17, 15) is 10.1 Å². The van der Waals surface area contributed by atoms with E-state index in [1.54, 1.807) is 4.57 Å². The van der Waals surface area contributed by atoms with Gasteiger partial charge in [-0.1, -0.05) is 59.8 Å². The van der Waals surface area contributed by atoms with E-state index in [4.69, 9.17) is 0 Å². The molecule has 0 saturated heterocycles. The van der Waals surface area contributed by atoms with Gasteiger partial charge in [-0.25, -0.2) is 4.98 Å². The summed E-state index contributed by atoms with van der Waals surface area (Å²) < 4.78 is 1.58. The Morgan fingerprint density at radius 2 is 1.85 bits per heavy atom. The molecule has 2 aromatic carbocycles. The molecule has 6 heteroatoms. The third kappa shape index (κ3) is 2.87. The van der Waals surface area contributed by atoms with Crippen LogP contribution in [-0.4, -0.2) is 15.4 Å². The summed E-state index contributed by atoms with van der Waals surface area (Å²) >= 11 is 1.51. The van der Waals surface area contributed by atoms with Crippen LogP contribution in [0.4, 0.5) is 5.69 Å². The van der Waals surface area contributed by atoms with Crippen molar-refractivity contribution < 1.29 is 0 Å². The zero-order chi connectivity index (χ0) is 18.1. The molecule has 0 fully saturated rings. The lowest BCUT2D eigenvalue weighted by Crippen LogP contribution is -2.38. The second kappa shape index (κ2) is 6.70. The molecule has 0 atom stereocenters. The maximum atomic E-state index is 12.9. The van der Waals surface area contributed by atoms with Crippen LogP contribution in [0, 0.1) is 18.3 Å². The summed E-state index contributed by atoms with van der Waals surface area (Å²) in [5.74, 6) is 0.704. The minimum absolute atomic E-state index is 0.0892. The summed E-state index contributed by atoms with van der Waals surface area (Å²) in [5.41, 5.74) is 3.28. The van der Waals surface area contributed by atoms with Crippen LogP contribution in [0.3, 0.4) is 0 Å². The molecule has 2 heterocycles. The number of benzene rings is 2. The van der Waals surface area contributed by atoms with Gasteiger partial charge in [0.25, 0.3) is 5.56 Å². The fraction of sp³-hybridized carbons (Fsp3) is 0.150. The number of hydrogen-bond acceptors (Lipinski definition) is 5. The van der Waals surface area contributed by atoms with Gasteiger partial charge in [0, 0.05) is 11.3 Å². The Balaban J connectivity index is 1.78. The van der Waals surface area contributed by atoms with Crippen LogP contribution in [0.1, 0.15) is 11.1 Å². The molecular weight excluding hydrogens is 344 g/mol. The molecule has 4 rings (SSSR count). The normalized spacial score (nSPS) is 13.2. The van der Waals surface area contributed by atoms with E-state index < -0.39 is 0 Å². The smallest absolute Gasteiger partial charge is 0.274 e. The molecule has 1 aliphatic rings. The number of nitrogens with zero attached hydrogens (tertiary/aromatic N) is 4. The van der Waals surface area contributed by atoms with E-state index in [-0.39, 0.29) is 11.1 Å². The Bertz CT molecular complexity index is 1050. The third-order valence-corrected chi connectivity index (χ3v) is 5.36. The average molecular weight is 360 g/mol. The van der Waals surface area contributed by atoms with Crippen molar-refractivity contribution in [2.75, 3.05) is 10.8 Å². The first kappa shape index (κ1) is 16.4. The van der Waals surface area contributed by atoms with E-state index in [2.05, 4.69) is 28.1 Å². The standard InChI is InChI=1S/C20H16N4OS/c1-14-7-9-16(10-8-14)23-12-24-19(25)17(11-21)18(22-20(24)26-13-23)15-5-3-2-4-6-15/h2-10H,12-13H2,1H3. The van der Waals surface area contributed by atoms with Crippen LogP contribution < -0.4 is 10.5 Å². The third-order valence-electron chi connectivity index (χ3n) is 4.35. The van der Waals surface area contributed by atoms with Gasteiger partial charge in [-0.05, 0) is 19.1 Å². The van der Waals surface area contributed by atoms with Crippen molar-refractivity contribution in [3.8, 4) is 17.3 Å². The lowest BCUT2D eigenvalue weighted by atomic mass is 10.1. The summed E-state index contributed by atoms with van der Waals surface area (Å²) in [6.45, 7) is 2.43. The molecule has 0 amide bonds. The first-order valence-corrected chi connectivity index (χ1v) is 9.20. The Kier molecular flexibility index (Phi) is 4.23.